The number of aryl methyl sites for hydroxylation is 1. The number of hydrogen-bond acceptors (Lipinski definition) is 2. The summed E-state index contributed by atoms with van der Waals surface area (Å²) in [6.07, 6.45) is 2.64. The zero-order chi connectivity index (χ0) is 12.5. The SMILES string of the molecule is Cc1cccc(C(=O)N2CC(N3CCCC3)C2)c1. The normalized spacial score (nSPS) is 21.1. The Morgan fingerprint density at radius 1 is 1.22 bits per heavy atom. The van der Waals surface area contributed by atoms with Crippen molar-refractivity contribution in [2.45, 2.75) is 25.8 Å². The molecule has 1 amide bonds. The van der Waals surface area contributed by atoms with Crippen LogP contribution in [-0.4, -0.2) is 47.9 Å². The second-order valence-corrected chi connectivity index (χ2v) is 5.48. The number of hydrogen-bond donors (Lipinski definition) is 0. The topological polar surface area (TPSA) is 23.6 Å². The molecule has 2 fully saturated rings. The van der Waals surface area contributed by atoms with E-state index >= 15 is 0 Å². The lowest BCUT2D eigenvalue weighted by Gasteiger charge is -2.44. The minimum Gasteiger partial charge on any atom is -0.335 e. The summed E-state index contributed by atoms with van der Waals surface area (Å²) in [6, 6.07) is 8.49. The number of rotatable bonds is 2. The molecule has 0 bridgehead atoms. The predicted molar refractivity (Wildman–Crippen MR) is 71.7 cm³/mol. The van der Waals surface area contributed by atoms with Crippen molar-refractivity contribution in [3.63, 3.8) is 0 Å². The molecule has 0 unspecified atom stereocenters. The minimum absolute atomic E-state index is 0.189. The summed E-state index contributed by atoms with van der Waals surface area (Å²) in [5.74, 6) is 0.189. The standard InChI is InChI=1S/C15H20N2O/c1-12-5-4-6-13(9-12)15(18)17-10-14(11-17)16-7-2-3-8-16/h4-6,9,14H,2-3,7-8,10-11H2,1H3. The van der Waals surface area contributed by atoms with E-state index < -0.39 is 0 Å². The summed E-state index contributed by atoms with van der Waals surface area (Å²) in [7, 11) is 0. The van der Waals surface area contributed by atoms with Crippen LogP contribution in [0.25, 0.3) is 0 Å². The predicted octanol–water partition coefficient (Wildman–Crippen LogP) is 1.92. The van der Waals surface area contributed by atoms with E-state index in [4.69, 9.17) is 0 Å². The second kappa shape index (κ2) is 4.73. The minimum atomic E-state index is 0.189. The van der Waals surface area contributed by atoms with Crippen molar-refractivity contribution in [2.75, 3.05) is 26.2 Å². The number of likely N-dealkylation sites (tertiary alicyclic amines) is 2. The zero-order valence-electron chi connectivity index (χ0n) is 10.9. The van der Waals surface area contributed by atoms with Crippen molar-refractivity contribution >= 4 is 5.91 Å². The fourth-order valence-electron chi connectivity index (χ4n) is 2.92. The Morgan fingerprint density at radius 2 is 1.94 bits per heavy atom. The molecule has 0 saturated carbocycles. The number of carbonyl (C=O) groups excluding carboxylic acids is 1. The molecule has 0 aromatic heterocycles. The maximum Gasteiger partial charge on any atom is 0.253 e. The Morgan fingerprint density at radius 3 is 2.61 bits per heavy atom. The third-order valence-corrected chi connectivity index (χ3v) is 4.07. The molecule has 18 heavy (non-hydrogen) atoms. The van der Waals surface area contributed by atoms with Crippen LogP contribution in [0, 0.1) is 6.92 Å². The molecular formula is C15H20N2O. The first kappa shape index (κ1) is 11.7. The molecule has 1 aromatic carbocycles. The first-order chi connectivity index (χ1) is 8.74. The van der Waals surface area contributed by atoms with Crippen molar-refractivity contribution < 1.29 is 4.79 Å². The molecule has 3 nitrogen and oxygen atoms in total. The Kier molecular flexibility index (Phi) is 3.08. The van der Waals surface area contributed by atoms with Gasteiger partial charge < -0.3 is 4.90 Å². The highest BCUT2D eigenvalue weighted by molar-refractivity contribution is 5.95. The number of carbonyl (C=O) groups is 1. The third kappa shape index (κ3) is 2.15. The van der Waals surface area contributed by atoms with Crippen molar-refractivity contribution in [3.05, 3.63) is 35.4 Å². The van der Waals surface area contributed by atoms with Gasteiger partial charge in [0.2, 0.25) is 0 Å². The maximum atomic E-state index is 12.2. The molecule has 2 heterocycles. The highest BCUT2D eigenvalue weighted by Crippen LogP contribution is 2.22. The van der Waals surface area contributed by atoms with Gasteiger partial charge in [-0.2, -0.15) is 0 Å². The van der Waals surface area contributed by atoms with E-state index in [1.54, 1.807) is 0 Å². The molecule has 0 aliphatic carbocycles. The molecule has 0 N–H and O–H groups in total. The van der Waals surface area contributed by atoms with Gasteiger partial charge in [-0.15, -0.1) is 0 Å². The van der Waals surface area contributed by atoms with Crippen molar-refractivity contribution in [1.82, 2.24) is 9.80 Å². The van der Waals surface area contributed by atoms with E-state index in [1.807, 2.05) is 36.1 Å². The highest BCUT2D eigenvalue weighted by Gasteiger charge is 2.35. The average Bonchev–Trinajstić information content (AvgIpc) is 2.80. The Bertz CT molecular complexity index is 446. The van der Waals surface area contributed by atoms with Gasteiger partial charge in [0.05, 0.1) is 0 Å². The molecule has 2 aliphatic heterocycles. The summed E-state index contributed by atoms with van der Waals surface area (Å²) in [6.45, 7) is 6.29. The average molecular weight is 244 g/mol. The fourth-order valence-corrected chi connectivity index (χ4v) is 2.92. The van der Waals surface area contributed by atoms with Gasteiger partial charge >= 0.3 is 0 Å². The molecule has 3 rings (SSSR count). The summed E-state index contributed by atoms with van der Waals surface area (Å²) in [5.41, 5.74) is 1.98. The lowest BCUT2D eigenvalue weighted by Crippen LogP contribution is -2.60. The largest absolute Gasteiger partial charge is 0.335 e. The summed E-state index contributed by atoms with van der Waals surface area (Å²) < 4.78 is 0. The number of amides is 1. The summed E-state index contributed by atoms with van der Waals surface area (Å²) in [5, 5.41) is 0. The second-order valence-electron chi connectivity index (χ2n) is 5.48. The van der Waals surface area contributed by atoms with Gasteiger partial charge in [0, 0.05) is 24.7 Å². The van der Waals surface area contributed by atoms with E-state index in [1.165, 1.54) is 25.9 Å². The monoisotopic (exact) mass is 244 g/mol. The van der Waals surface area contributed by atoms with Crippen molar-refractivity contribution in [2.24, 2.45) is 0 Å². The van der Waals surface area contributed by atoms with Gasteiger partial charge in [-0.05, 0) is 45.0 Å². The van der Waals surface area contributed by atoms with Crippen LogP contribution >= 0.6 is 0 Å². The zero-order valence-corrected chi connectivity index (χ0v) is 10.9. The van der Waals surface area contributed by atoms with Crippen molar-refractivity contribution in [1.29, 1.82) is 0 Å². The first-order valence-electron chi connectivity index (χ1n) is 6.84. The number of nitrogens with zero attached hydrogens (tertiary/aromatic N) is 2. The lowest BCUT2D eigenvalue weighted by atomic mass is 10.0. The van der Waals surface area contributed by atoms with Gasteiger partial charge in [0.25, 0.3) is 5.91 Å². The molecule has 96 valence electrons. The van der Waals surface area contributed by atoms with E-state index in [-0.39, 0.29) is 5.91 Å². The van der Waals surface area contributed by atoms with Gasteiger partial charge in [-0.3, -0.25) is 9.69 Å². The third-order valence-electron chi connectivity index (χ3n) is 4.07. The quantitative estimate of drug-likeness (QED) is 0.793. The van der Waals surface area contributed by atoms with E-state index in [0.29, 0.717) is 6.04 Å². The molecule has 2 aliphatic rings. The Balaban J connectivity index is 1.59. The molecule has 1 aromatic rings. The van der Waals surface area contributed by atoms with Crippen molar-refractivity contribution in [3.8, 4) is 0 Å². The highest BCUT2D eigenvalue weighted by atomic mass is 16.2. The first-order valence-corrected chi connectivity index (χ1v) is 6.84. The van der Waals surface area contributed by atoms with Crippen LogP contribution in [0.5, 0.6) is 0 Å². The van der Waals surface area contributed by atoms with Gasteiger partial charge in [-0.25, -0.2) is 0 Å². The molecule has 2 saturated heterocycles. The van der Waals surface area contributed by atoms with E-state index in [9.17, 15) is 4.79 Å². The molecule has 0 atom stereocenters. The fraction of sp³-hybridized carbons (Fsp3) is 0.533. The van der Waals surface area contributed by atoms with E-state index in [0.717, 1.165) is 24.2 Å². The van der Waals surface area contributed by atoms with Crippen LogP contribution in [0.15, 0.2) is 24.3 Å². The van der Waals surface area contributed by atoms with Crippen LogP contribution in [-0.2, 0) is 0 Å². The lowest BCUT2D eigenvalue weighted by molar-refractivity contribution is 0.0334. The van der Waals surface area contributed by atoms with Crippen LogP contribution < -0.4 is 0 Å². The van der Waals surface area contributed by atoms with Gasteiger partial charge in [0.15, 0.2) is 0 Å². The molecule has 0 spiro atoms. The van der Waals surface area contributed by atoms with Crippen LogP contribution in [0.2, 0.25) is 0 Å². The maximum absolute atomic E-state index is 12.2. The number of benzene rings is 1. The smallest absolute Gasteiger partial charge is 0.253 e. The molecule has 3 heteroatoms. The summed E-state index contributed by atoms with van der Waals surface area (Å²) >= 11 is 0. The van der Waals surface area contributed by atoms with Gasteiger partial charge in [-0.1, -0.05) is 17.7 Å². The van der Waals surface area contributed by atoms with Crippen LogP contribution in [0.4, 0.5) is 0 Å². The van der Waals surface area contributed by atoms with Crippen LogP contribution in [0.3, 0.4) is 0 Å². The van der Waals surface area contributed by atoms with Crippen LogP contribution in [0.1, 0.15) is 28.8 Å². The molecule has 0 radical (unpaired) electrons. The Labute approximate surface area is 108 Å². The molecular weight excluding hydrogens is 224 g/mol. The van der Waals surface area contributed by atoms with Gasteiger partial charge in [0.1, 0.15) is 0 Å². The Hall–Kier alpha value is -1.35. The summed E-state index contributed by atoms with van der Waals surface area (Å²) in [4.78, 5) is 16.7. The van der Waals surface area contributed by atoms with E-state index in [2.05, 4.69) is 4.90 Å².